The Hall–Kier alpha value is -4.90. The number of hydrogen-bond donors (Lipinski definition) is 0. The van der Waals surface area contributed by atoms with Gasteiger partial charge in [-0.25, -0.2) is 9.97 Å². The van der Waals surface area contributed by atoms with Crippen LogP contribution in [0.5, 0.6) is 0 Å². The van der Waals surface area contributed by atoms with Crippen LogP contribution in [0.4, 0.5) is 0 Å². The fourth-order valence-corrected chi connectivity index (χ4v) is 16.3. The third-order valence-corrected chi connectivity index (χ3v) is 18.2. The molecule has 16 rings (SSSR count). The number of rotatable bonds is 2. The second-order valence-electron chi connectivity index (χ2n) is 20.9. The predicted octanol–water partition coefficient (Wildman–Crippen LogP) is 12.9. The van der Waals surface area contributed by atoms with Crippen LogP contribution in [0.2, 0.25) is 0 Å². The fraction of sp³-hybridized carbons (Fsp3) is 0.434. The van der Waals surface area contributed by atoms with Crippen LogP contribution >= 0.6 is 0 Å². The van der Waals surface area contributed by atoms with E-state index in [1.165, 1.54) is 147 Å². The van der Waals surface area contributed by atoms with Crippen molar-refractivity contribution in [2.45, 2.75) is 116 Å². The second kappa shape index (κ2) is 10.4. The molecule has 0 N–H and O–H groups in total. The Morgan fingerprint density at radius 2 is 1.17 bits per heavy atom. The lowest BCUT2D eigenvalue weighted by Gasteiger charge is -2.48. The van der Waals surface area contributed by atoms with Gasteiger partial charge in [-0.05, 0) is 172 Å². The van der Waals surface area contributed by atoms with Gasteiger partial charge >= 0.3 is 0 Å². The van der Waals surface area contributed by atoms with Gasteiger partial charge in [-0.15, -0.1) is 0 Å². The van der Waals surface area contributed by atoms with Crippen molar-refractivity contribution in [2.75, 3.05) is 0 Å². The molecule has 0 aliphatic heterocycles. The molecule has 7 bridgehead atoms. The summed E-state index contributed by atoms with van der Waals surface area (Å²) in [6.07, 6.45) is 18.1. The molecular formula is C53H49N5. The van der Waals surface area contributed by atoms with Gasteiger partial charge in [0.2, 0.25) is 0 Å². The standard InChI is InChI=1S/C53H49N5/c1-24-7-5-8-25(2)40(24)50-45-37(56-52(57-50)41-26(3)9-6-10-27(41)4)19-36-44-38(22-54-48-31-14-28-11-29(15-31)13-30(12-28)42(44)48)58-39-23-55-49-33-17-35-18-34-16-32(20-53(34,35)21-33)43(49)46(39)47(45)51(36)58/h5-10,19,22-23,28-35H,11-18,20-21H2,1-4H3. The first-order chi connectivity index (χ1) is 28.3. The van der Waals surface area contributed by atoms with E-state index in [0.717, 1.165) is 46.3 Å². The molecule has 8 aliphatic rings. The van der Waals surface area contributed by atoms with Crippen LogP contribution in [-0.4, -0.2) is 24.3 Å². The first-order valence-electron chi connectivity index (χ1n) is 22.7. The van der Waals surface area contributed by atoms with Crippen molar-refractivity contribution >= 4 is 49.0 Å². The number of pyridine rings is 2. The molecule has 8 aromatic rings. The molecule has 58 heavy (non-hydrogen) atoms. The lowest BCUT2D eigenvalue weighted by Crippen LogP contribution is -2.41. The van der Waals surface area contributed by atoms with Gasteiger partial charge in [0, 0.05) is 61.3 Å². The van der Waals surface area contributed by atoms with Crippen LogP contribution in [0.15, 0.2) is 54.9 Å². The zero-order valence-corrected chi connectivity index (χ0v) is 34.1. The van der Waals surface area contributed by atoms with Gasteiger partial charge < -0.3 is 4.40 Å². The zero-order chi connectivity index (χ0) is 38.1. The topological polar surface area (TPSA) is 56.0 Å². The summed E-state index contributed by atoms with van der Waals surface area (Å²) in [5, 5.41) is 6.89. The van der Waals surface area contributed by atoms with E-state index in [2.05, 4.69) is 87.0 Å². The highest BCUT2D eigenvalue weighted by Gasteiger charge is 2.66. The smallest absolute Gasteiger partial charge is 0.160 e. The minimum Gasteiger partial charge on any atom is -0.305 e. The SMILES string of the molecule is Cc1cccc(C)c1-c1nc(-c2c(C)cccc2C)c2c(cc3c4c5c(ncc4n4c6cnc7c(c6c2c34)C2CC3CC4CC7CC43C2)C2CC3CC(C2)CC5C3)n1. The highest BCUT2D eigenvalue weighted by molar-refractivity contribution is 6.33. The largest absolute Gasteiger partial charge is 0.305 e. The molecule has 0 amide bonds. The van der Waals surface area contributed by atoms with E-state index in [0.29, 0.717) is 29.1 Å². The summed E-state index contributed by atoms with van der Waals surface area (Å²) in [5.74, 6) is 6.65. The van der Waals surface area contributed by atoms with Crippen LogP contribution in [0.25, 0.3) is 71.6 Å². The maximum atomic E-state index is 5.77. The Morgan fingerprint density at radius 1 is 0.569 bits per heavy atom. The van der Waals surface area contributed by atoms with Crippen LogP contribution in [0, 0.1) is 56.8 Å². The van der Waals surface area contributed by atoms with Crippen molar-refractivity contribution < 1.29 is 0 Å². The predicted molar refractivity (Wildman–Crippen MR) is 233 cm³/mol. The summed E-state index contributed by atoms with van der Waals surface area (Å²) in [4.78, 5) is 22.7. The van der Waals surface area contributed by atoms with Gasteiger partial charge in [0.05, 0.1) is 40.2 Å². The number of hydrogen-bond acceptors (Lipinski definition) is 4. The Labute approximate surface area is 339 Å². The van der Waals surface area contributed by atoms with Crippen LogP contribution in [-0.2, 0) is 0 Å². The Kier molecular flexibility index (Phi) is 5.77. The van der Waals surface area contributed by atoms with Crippen LogP contribution in [0.1, 0.15) is 133 Å². The summed E-state index contributed by atoms with van der Waals surface area (Å²) >= 11 is 0. The molecule has 5 nitrogen and oxygen atoms in total. The normalized spacial score (nSPS) is 31.2. The van der Waals surface area contributed by atoms with Gasteiger partial charge in [-0.3, -0.25) is 9.97 Å². The summed E-state index contributed by atoms with van der Waals surface area (Å²) in [5.41, 5.74) is 20.0. The third-order valence-electron chi connectivity index (χ3n) is 18.2. The summed E-state index contributed by atoms with van der Waals surface area (Å²) < 4.78 is 2.65. The fourth-order valence-electron chi connectivity index (χ4n) is 16.3. The van der Waals surface area contributed by atoms with E-state index in [1.807, 2.05) is 0 Å². The van der Waals surface area contributed by atoms with Crippen molar-refractivity contribution in [3.05, 3.63) is 99.6 Å². The van der Waals surface area contributed by atoms with Gasteiger partial charge in [-0.2, -0.15) is 0 Å². The number of aromatic nitrogens is 5. The van der Waals surface area contributed by atoms with Crippen molar-refractivity contribution in [2.24, 2.45) is 29.1 Å². The van der Waals surface area contributed by atoms with E-state index in [1.54, 1.807) is 11.1 Å². The molecule has 7 atom stereocenters. The molecule has 5 saturated carbocycles. The molecule has 0 radical (unpaired) electrons. The molecule has 8 aliphatic carbocycles. The highest BCUT2D eigenvalue weighted by Crippen LogP contribution is 2.76. The molecule has 1 spiro atoms. The average Bonchev–Trinajstić information content (AvgIpc) is 3.84. The Morgan fingerprint density at radius 3 is 1.90 bits per heavy atom. The minimum absolute atomic E-state index is 0.560. The molecule has 3 aromatic carbocycles. The van der Waals surface area contributed by atoms with E-state index in [9.17, 15) is 0 Å². The van der Waals surface area contributed by atoms with Crippen LogP contribution < -0.4 is 0 Å². The number of nitrogens with zero attached hydrogens (tertiary/aromatic N) is 5. The van der Waals surface area contributed by atoms with Gasteiger partial charge in [-0.1, -0.05) is 36.4 Å². The molecule has 286 valence electrons. The van der Waals surface area contributed by atoms with E-state index >= 15 is 0 Å². The number of aryl methyl sites for hydroxylation is 4. The quantitative estimate of drug-likeness (QED) is 0.176. The number of benzene rings is 3. The molecule has 5 heterocycles. The van der Waals surface area contributed by atoms with Crippen molar-refractivity contribution in [1.29, 1.82) is 0 Å². The summed E-state index contributed by atoms with van der Waals surface area (Å²) in [6.45, 7) is 9.00. The van der Waals surface area contributed by atoms with Crippen molar-refractivity contribution in [3.8, 4) is 22.6 Å². The number of fused-ring (bicyclic) bond motifs is 14. The molecule has 5 fully saturated rings. The molecule has 5 aromatic heterocycles. The van der Waals surface area contributed by atoms with Crippen LogP contribution in [0.3, 0.4) is 0 Å². The van der Waals surface area contributed by atoms with E-state index in [-0.39, 0.29) is 0 Å². The monoisotopic (exact) mass is 755 g/mol. The van der Waals surface area contributed by atoms with E-state index in [4.69, 9.17) is 19.9 Å². The van der Waals surface area contributed by atoms with Gasteiger partial charge in [0.15, 0.2) is 5.82 Å². The highest BCUT2D eigenvalue weighted by atomic mass is 15.0. The van der Waals surface area contributed by atoms with Crippen molar-refractivity contribution in [1.82, 2.24) is 24.3 Å². The van der Waals surface area contributed by atoms with Gasteiger partial charge in [0.25, 0.3) is 0 Å². The first kappa shape index (κ1) is 32.0. The maximum absolute atomic E-state index is 5.77. The minimum atomic E-state index is 0.560. The molecule has 0 saturated heterocycles. The lowest BCUT2D eigenvalue weighted by molar-refractivity contribution is 0.00321. The van der Waals surface area contributed by atoms with Gasteiger partial charge in [0.1, 0.15) is 0 Å². The average molecular weight is 756 g/mol. The van der Waals surface area contributed by atoms with Crippen molar-refractivity contribution in [3.63, 3.8) is 0 Å². The summed E-state index contributed by atoms with van der Waals surface area (Å²) in [7, 11) is 0. The summed E-state index contributed by atoms with van der Waals surface area (Å²) in [6, 6.07) is 15.9. The maximum Gasteiger partial charge on any atom is 0.160 e. The Balaban J connectivity index is 1.17. The molecule has 5 heteroatoms. The lowest BCUT2D eigenvalue weighted by atomic mass is 9.56. The first-order valence-corrected chi connectivity index (χ1v) is 22.7. The molecule has 7 unspecified atom stereocenters. The Bertz CT molecular complexity index is 3150. The van der Waals surface area contributed by atoms with E-state index < -0.39 is 0 Å². The zero-order valence-electron chi connectivity index (χ0n) is 34.1. The second-order valence-corrected chi connectivity index (χ2v) is 20.9. The third kappa shape index (κ3) is 3.66. The molecular weight excluding hydrogens is 707 g/mol.